The van der Waals surface area contributed by atoms with E-state index in [4.69, 9.17) is 9.94 Å². The van der Waals surface area contributed by atoms with E-state index < -0.39 is 37.7 Å². The van der Waals surface area contributed by atoms with Crippen LogP contribution in [0.5, 0.6) is 0 Å². The molecular weight excluding hydrogens is 522 g/mol. The third-order valence-electron chi connectivity index (χ3n) is 6.98. The number of hydrogen-bond acceptors (Lipinski definition) is 8. The zero-order valence-corrected chi connectivity index (χ0v) is 21.7. The van der Waals surface area contributed by atoms with Gasteiger partial charge in [0.1, 0.15) is 11.6 Å². The standard InChI is InChI=1S/C25H28F2N4O6S/c1-25(24(33)29-34,38(2,35)36)5-6-31-15-28-22-13-18(21(27)12-19(22)23(31)32)17-4-3-16(11-20(17)26)14-30-7-9-37-10-8-30/h3-4,11-13,15,34H,5-10,14H2,1-2H3,(H,29,33). The highest BCUT2D eigenvalue weighted by Gasteiger charge is 2.43. The number of hydrogen-bond donors (Lipinski definition) is 2. The number of nitrogens with one attached hydrogen (secondary N) is 1. The van der Waals surface area contributed by atoms with Gasteiger partial charge in [-0.15, -0.1) is 0 Å². The van der Waals surface area contributed by atoms with E-state index in [0.29, 0.717) is 19.8 Å². The van der Waals surface area contributed by atoms with Crippen molar-refractivity contribution in [3.05, 3.63) is 64.2 Å². The van der Waals surface area contributed by atoms with Crippen molar-refractivity contribution in [1.29, 1.82) is 0 Å². The van der Waals surface area contributed by atoms with Crippen LogP contribution in [0.4, 0.5) is 8.78 Å². The first-order chi connectivity index (χ1) is 17.9. The van der Waals surface area contributed by atoms with Crippen molar-refractivity contribution in [1.82, 2.24) is 19.9 Å². The number of aromatic nitrogens is 2. The maximum absolute atomic E-state index is 15.1. The van der Waals surface area contributed by atoms with Gasteiger partial charge >= 0.3 is 0 Å². The Morgan fingerprint density at radius 3 is 2.47 bits per heavy atom. The summed E-state index contributed by atoms with van der Waals surface area (Å²) in [6.45, 7) is 4.14. The van der Waals surface area contributed by atoms with E-state index in [1.165, 1.54) is 23.7 Å². The first-order valence-corrected chi connectivity index (χ1v) is 13.8. The van der Waals surface area contributed by atoms with E-state index in [-0.39, 0.29) is 35.0 Å². The second-order valence-electron chi connectivity index (χ2n) is 9.49. The zero-order chi connectivity index (χ0) is 27.7. The van der Waals surface area contributed by atoms with Crippen LogP contribution in [-0.4, -0.2) is 71.3 Å². The van der Waals surface area contributed by atoms with Crippen LogP contribution in [0, 0.1) is 11.6 Å². The smallest absolute Gasteiger partial charge is 0.264 e. The molecule has 1 aromatic heterocycles. The molecule has 13 heteroatoms. The van der Waals surface area contributed by atoms with Gasteiger partial charge in [0.2, 0.25) is 0 Å². The Balaban J connectivity index is 1.62. The largest absolute Gasteiger partial charge is 0.379 e. The fourth-order valence-corrected chi connectivity index (χ4v) is 5.20. The van der Waals surface area contributed by atoms with Crippen LogP contribution in [0.15, 0.2) is 41.5 Å². The highest BCUT2D eigenvalue weighted by atomic mass is 32.2. The molecule has 3 aromatic rings. The van der Waals surface area contributed by atoms with Crippen molar-refractivity contribution in [2.75, 3.05) is 32.6 Å². The number of aryl methyl sites for hydroxylation is 1. The Labute approximate surface area is 217 Å². The van der Waals surface area contributed by atoms with Crippen molar-refractivity contribution in [3.8, 4) is 11.1 Å². The Kier molecular flexibility index (Phi) is 7.93. The minimum absolute atomic E-state index is 0.0278. The molecule has 0 saturated carbocycles. The van der Waals surface area contributed by atoms with E-state index in [0.717, 1.165) is 48.8 Å². The summed E-state index contributed by atoms with van der Waals surface area (Å²) < 4.78 is 58.9. The highest BCUT2D eigenvalue weighted by molar-refractivity contribution is 7.92. The van der Waals surface area contributed by atoms with Crippen LogP contribution >= 0.6 is 0 Å². The van der Waals surface area contributed by atoms with Gasteiger partial charge in [0.05, 0.1) is 30.4 Å². The Hall–Kier alpha value is -3.26. The predicted octanol–water partition coefficient (Wildman–Crippen LogP) is 1.87. The molecule has 2 N–H and O–H groups in total. The molecule has 10 nitrogen and oxygen atoms in total. The van der Waals surface area contributed by atoms with Crippen molar-refractivity contribution < 1.29 is 31.9 Å². The molecule has 1 amide bonds. The van der Waals surface area contributed by atoms with Gasteiger partial charge in [-0.2, -0.15) is 0 Å². The number of hydroxylamine groups is 1. The van der Waals surface area contributed by atoms with Crippen LogP contribution in [0.1, 0.15) is 18.9 Å². The number of rotatable bonds is 8. The number of ether oxygens (including phenoxy) is 1. The van der Waals surface area contributed by atoms with Crippen LogP contribution in [-0.2, 0) is 32.5 Å². The highest BCUT2D eigenvalue weighted by Crippen LogP contribution is 2.29. The van der Waals surface area contributed by atoms with Gasteiger partial charge in [-0.05, 0) is 37.1 Å². The molecule has 0 radical (unpaired) electrons. The van der Waals surface area contributed by atoms with Crippen LogP contribution < -0.4 is 11.0 Å². The molecule has 2 aromatic carbocycles. The van der Waals surface area contributed by atoms with Gasteiger partial charge in [0.25, 0.3) is 11.5 Å². The Morgan fingerprint density at radius 1 is 1.16 bits per heavy atom. The van der Waals surface area contributed by atoms with Gasteiger partial charge in [0, 0.05) is 43.6 Å². The lowest BCUT2D eigenvalue weighted by Crippen LogP contribution is -2.50. The average Bonchev–Trinajstić information content (AvgIpc) is 2.88. The van der Waals surface area contributed by atoms with Crippen LogP contribution in [0.25, 0.3) is 22.0 Å². The molecule has 0 bridgehead atoms. The van der Waals surface area contributed by atoms with Crippen molar-refractivity contribution in [2.45, 2.75) is 31.2 Å². The maximum atomic E-state index is 15.1. The molecule has 0 aliphatic carbocycles. The molecule has 38 heavy (non-hydrogen) atoms. The van der Waals surface area contributed by atoms with E-state index in [1.807, 2.05) is 0 Å². The number of carbonyl (C=O) groups is 1. The minimum Gasteiger partial charge on any atom is -0.379 e. The summed E-state index contributed by atoms with van der Waals surface area (Å²) >= 11 is 0. The van der Waals surface area contributed by atoms with E-state index >= 15 is 8.78 Å². The molecular formula is C25H28F2N4O6S. The minimum atomic E-state index is -3.97. The molecule has 2 heterocycles. The quantitative estimate of drug-likeness (QED) is 0.321. The number of carbonyl (C=O) groups excluding carboxylic acids is 1. The van der Waals surface area contributed by atoms with Crippen molar-refractivity contribution in [2.24, 2.45) is 0 Å². The molecule has 0 spiro atoms. The van der Waals surface area contributed by atoms with Gasteiger partial charge in [0.15, 0.2) is 14.6 Å². The summed E-state index contributed by atoms with van der Waals surface area (Å²) in [6.07, 6.45) is 1.64. The Morgan fingerprint density at radius 2 is 1.84 bits per heavy atom. The molecule has 1 fully saturated rings. The summed E-state index contributed by atoms with van der Waals surface area (Å²) in [4.78, 5) is 31.4. The molecule has 4 rings (SSSR count). The lowest BCUT2D eigenvalue weighted by molar-refractivity contribution is -0.131. The third-order valence-corrected chi connectivity index (χ3v) is 9.00. The molecule has 204 valence electrons. The average molecular weight is 551 g/mol. The van der Waals surface area contributed by atoms with E-state index in [2.05, 4.69) is 9.88 Å². The van der Waals surface area contributed by atoms with Gasteiger partial charge in [-0.1, -0.05) is 12.1 Å². The first-order valence-electron chi connectivity index (χ1n) is 11.9. The molecule has 1 unspecified atom stereocenters. The van der Waals surface area contributed by atoms with Crippen LogP contribution in [0.3, 0.4) is 0 Å². The molecule has 1 aliphatic heterocycles. The van der Waals surface area contributed by atoms with Gasteiger partial charge in [-0.25, -0.2) is 27.7 Å². The summed E-state index contributed by atoms with van der Waals surface area (Å²) in [7, 11) is -3.97. The van der Waals surface area contributed by atoms with Crippen molar-refractivity contribution in [3.63, 3.8) is 0 Å². The summed E-state index contributed by atoms with van der Waals surface area (Å²) in [5.41, 5.74) is 1.52. The van der Waals surface area contributed by atoms with Crippen molar-refractivity contribution >= 4 is 26.6 Å². The maximum Gasteiger partial charge on any atom is 0.264 e. The lowest BCUT2D eigenvalue weighted by Gasteiger charge is -2.26. The zero-order valence-electron chi connectivity index (χ0n) is 20.9. The number of sulfone groups is 1. The normalized spacial score (nSPS) is 16.3. The topological polar surface area (TPSA) is 131 Å². The fourth-order valence-electron chi connectivity index (χ4n) is 4.36. The van der Waals surface area contributed by atoms with E-state index in [1.54, 1.807) is 6.07 Å². The summed E-state index contributed by atoms with van der Waals surface area (Å²) in [5.74, 6) is -2.57. The number of amides is 1. The SMILES string of the molecule is CC(CCn1cnc2cc(-c3ccc(CN4CCOCC4)cc3F)c(F)cc2c1=O)(C(=O)NO)S(C)(=O)=O. The number of morpholine rings is 1. The van der Waals surface area contributed by atoms with E-state index in [9.17, 15) is 18.0 Å². The second kappa shape index (κ2) is 10.8. The first kappa shape index (κ1) is 27.8. The fraction of sp³-hybridized carbons (Fsp3) is 0.400. The Bertz CT molecular complexity index is 1540. The summed E-state index contributed by atoms with van der Waals surface area (Å²) in [6, 6.07) is 6.84. The number of halogens is 2. The second-order valence-corrected chi connectivity index (χ2v) is 11.9. The predicted molar refractivity (Wildman–Crippen MR) is 135 cm³/mol. The van der Waals surface area contributed by atoms with Crippen LogP contribution in [0.2, 0.25) is 0 Å². The number of fused-ring (bicyclic) bond motifs is 1. The molecule has 1 saturated heterocycles. The summed E-state index contributed by atoms with van der Waals surface area (Å²) in [5, 5.41) is 8.87. The number of nitrogens with zero attached hydrogens (tertiary/aromatic N) is 3. The monoisotopic (exact) mass is 550 g/mol. The lowest BCUT2D eigenvalue weighted by atomic mass is 10.0. The third kappa shape index (κ3) is 5.46. The molecule has 1 aliphatic rings. The molecule has 1 atom stereocenters. The van der Waals surface area contributed by atoms with Gasteiger partial charge < -0.3 is 4.74 Å². The van der Waals surface area contributed by atoms with Gasteiger partial charge in [-0.3, -0.25) is 24.3 Å². The number of benzene rings is 2.